The Hall–Kier alpha value is -4.11. The van der Waals surface area contributed by atoms with E-state index in [-0.39, 0.29) is 23.3 Å². The first-order valence-electron chi connectivity index (χ1n) is 12.2. The molecule has 2 bridgehead atoms. The van der Waals surface area contributed by atoms with Gasteiger partial charge in [-0.05, 0) is 49.3 Å². The normalized spacial score (nSPS) is 26.5. The molecule has 196 valence electrons. The number of hydrogen-bond donors (Lipinski definition) is 2. The lowest BCUT2D eigenvalue weighted by Crippen LogP contribution is -2.53. The van der Waals surface area contributed by atoms with Crippen molar-refractivity contribution in [3.05, 3.63) is 107 Å². The third-order valence-corrected chi connectivity index (χ3v) is 6.76. The maximum Gasteiger partial charge on any atom is 0.337 e. The molecule has 4 atom stereocenters. The summed E-state index contributed by atoms with van der Waals surface area (Å²) in [6.45, 7) is 1.30. The number of methoxy groups -OCH3 is 1. The second kappa shape index (κ2) is 9.98. The SMILES string of the molecule is COC(=O)C1=C(C(=O)Nc2cccnc2)C2C=CC1(C(Cc1ccccc1)NC1=CC(C)(F)CC(F)=C1)O2. The standard InChI is InChI=1S/C29H27F2N3O4/c1-28(31)15-19(30)14-21(16-28)33-23(13-18-7-4-3-5-8-18)29-11-10-22(38-29)24(25(29)27(36)37-2)26(35)34-20-9-6-12-32-17-20/h3-12,14,16-17,22-23,33H,13,15H2,1-2H3,(H,34,35). The maximum absolute atomic E-state index is 14.9. The Balaban J connectivity index is 1.58. The predicted octanol–water partition coefficient (Wildman–Crippen LogP) is 4.27. The molecule has 0 spiro atoms. The molecular formula is C29H27F2N3O4. The summed E-state index contributed by atoms with van der Waals surface area (Å²) in [4.78, 5) is 30.6. The molecule has 3 heterocycles. The van der Waals surface area contributed by atoms with Crippen molar-refractivity contribution in [3.8, 4) is 0 Å². The molecule has 0 saturated heterocycles. The minimum Gasteiger partial charge on any atom is -0.466 e. The molecule has 2 N–H and O–H groups in total. The lowest BCUT2D eigenvalue weighted by molar-refractivity contribution is -0.138. The summed E-state index contributed by atoms with van der Waals surface area (Å²) in [5, 5.41) is 5.97. The molecule has 1 aromatic heterocycles. The Bertz CT molecular complexity index is 1370. The van der Waals surface area contributed by atoms with E-state index in [0.29, 0.717) is 12.1 Å². The molecule has 1 aromatic carbocycles. The Kier molecular flexibility index (Phi) is 6.71. The summed E-state index contributed by atoms with van der Waals surface area (Å²) in [7, 11) is 1.23. The summed E-state index contributed by atoms with van der Waals surface area (Å²) in [6.07, 6.45) is 8.15. The number of aromatic nitrogens is 1. The fraction of sp³-hybridized carbons (Fsp3) is 0.276. The van der Waals surface area contributed by atoms with Crippen LogP contribution in [-0.4, -0.2) is 47.4 Å². The molecule has 3 aliphatic rings. The number of ether oxygens (including phenoxy) is 2. The van der Waals surface area contributed by atoms with E-state index >= 15 is 0 Å². The van der Waals surface area contributed by atoms with Gasteiger partial charge in [0.25, 0.3) is 5.91 Å². The monoisotopic (exact) mass is 519 g/mol. The summed E-state index contributed by atoms with van der Waals surface area (Å²) in [5.74, 6) is -1.88. The number of allylic oxidation sites excluding steroid dienone is 3. The summed E-state index contributed by atoms with van der Waals surface area (Å²) < 4.78 is 40.7. The highest BCUT2D eigenvalue weighted by molar-refractivity contribution is 6.12. The molecule has 9 heteroatoms. The number of benzene rings is 1. The van der Waals surface area contributed by atoms with E-state index in [4.69, 9.17) is 9.47 Å². The molecule has 4 unspecified atom stereocenters. The lowest BCUT2D eigenvalue weighted by atomic mass is 9.78. The topological polar surface area (TPSA) is 89.6 Å². The van der Waals surface area contributed by atoms with Gasteiger partial charge in [-0.2, -0.15) is 0 Å². The predicted molar refractivity (Wildman–Crippen MR) is 137 cm³/mol. The maximum atomic E-state index is 14.9. The van der Waals surface area contributed by atoms with Crippen molar-refractivity contribution in [2.24, 2.45) is 0 Å². The van der Waals surface area contributed by atoms with Crippen LogP contribution in [0, 0.1) is 0 Å². The highest BCUT2D eigenvalue weighted by atomic mass is 19.1. The lowest BCUT2D eigenvalue weighted by Gasteiger charge is -2.37. The van der Waals surface area contributed by atoms with Gasteiger partial charge in [-0.3, -0.25) is 9.78 Å². The molecule has 0 radical (unpaired) electrons. The van der Waals surface area contributed by atoms with E-state index in [2.05, 4.69) is 15.6 Å². The molecule has 2 aromatic rings. The largest absolute Gasteiger partial charge is 0.466 e. The van der Waals surface area contributed by atoms with Crippen LogP contribution in [0.4, 0.5) is 14.5 Å². The highest BCUT2D eigenvalue weighted by Gasteiger charge is 2.58. The number of amides is 1. The first-order valence-corrected chi connectivity index (χ1v) is 12.2. The van der Waals surface area contributed by atoms with Gasteiger partial charge in [0.05, 0.1) is 36.2 Å². The van der Waals surface area contributed by atoms with E-state index < -0.39 is 41.1 Å². The second-order valence-corrected chi connectivity index (χ2v) is 9.70. The number of pyridine rings is 1. The number of carbonyl (C=O) groups is 2. The number of hydrogen-bond acceptors (Lipinski definition) is 6. The molecular weight excluding hydrogens is 492 g/mol. The Morgan fingerprint density at radius 1 is 1.24 bits per heavy atom. The van der Waals surface area contributed by atoms with E-state index in [1.54, 1.807) is 30.5 Å². The minimum atomic E-state index is -1.89. The van der Waals surface area contributed by atoms with Gasteiger partial charge >= 0.3 is 5.97 Å². The number of carbonyl (C=O) groups excluding carboxylic acids is 2. The molecule has 5 rings (SSSR count). The third kappa shape index (κ3) is 4.89. The quantitative estimate of drug-likeness (QED) is 0.400. The first-order chi connectivity index (χ1) is 18.2. The molecule has 0 saturated carbocycles. The Morgan fingerprint density at radius 3 is 2.71 bits per heavy atom. The van der Waals surface area contributed by atoms with Gasteiger partial charge in [-0.25, -0.2) is 13.6 Å². The van der Waals surface area contributed by atoms with Gasteiger partial charge in [0, 0.05) is 18.3 Å². The number of nitrogens with zero attached hydrogens (tertiary/aromatic N) is 1. The van der Waals surface area contributed by atoms with E-state index in [0.717, 1.165) is 5.56 Å². The van der Waals surface area contributed by atoms with Crippen molar-refractivity contribution < 1.29 is 27.8 Å². The first kappa shape index (κ1) is 25.5. The van der Waals surface area contributed by atoms with Crippen molar-refractivity contribution in [1.29, 1.82) is 0 Å². The van der Waals surface area contributed by atoms with Crippen LogP contribution in [0.15, 0.2) is 102 Å². The average molecular weight is 520 g/mol. The van der Waals surface area contributed by atoms with E-state index in [9.17, 15) is 18.4 Å². The molecule has 1 aliphatic carbocycles. The van der Waals surface area contributed by atoms with Gasteiger partial charge in [0.1, 0.15) is 23.2 Å². The van der Waals surface area contributed by atoms with Crippen LogP contribution in [-0.2, 0) is 25.5 Å². The number of alkyl halides is 1. The van der Waals surface area contributed by atoms with E-state index in [1.165, 1.54) is 32.4 Å². The van der Waals surface area contributed by atoms with Crippen LogP contribution in [0.5, 0.6) is 0 Å². The van der Waals surface area contributed by atoms with Gasteiger partial charge in [-0.15, -0.1) is 0 Å². The van der Waals surface area contributed by atoms with Crippen LogP contribution in [0.3, 0.4) is 0 Å². The van der Waals surface area contributed by atoms with Crippen LogP contribution in [0.1, 0.15) is 18.9 Å². The zero-order valence-corrected chi connectivity index (χ0v) is 20.9. The van der Waals surface area contributed by atoms with Crippen molar-refractivity contribution >= 4 is 17.6 Å². The number of rotatable bonds is 8. The minimum absolute atomic E-state index is 0.0335. The zero-order chi connectivity index (χ0) is 26.9. The summed E-state index contributed by atoms with van der Waals surface area (Å²) >= 11 is 0. The number of halogens is 2. The van der Waals surface area contributed by atoms with Crippen molar-refractivity contribution in [3.63, 3.8) is 0 Å². The third-order valence-electron chi connectivity index (χ3n) is 6.76. The smallest absolute Gasteiger partial charge is 0.337 e. The Labute approximate surface area is 218 Å². The highest BCUT2D eigenvalue weighted by Crippen LogP contribution is 2.47. The molecule has 38 heavy (non-hydrogen) atoms. The molecule has 7 nitrogen and oxygen atoms in total. The van der Waals surface area contributed by atoms with Gasteiger partial charge in [0.15, 0.2) is 0 Å². The number of anilines is 1. The molecule has 1 amide bonds. The fourth-order valence-corrected chi connectivity index (χ4v) is 5.20. The zero-order valence-electron chi connectivity index (χ0n) is 20.9. The number of nitrogens with one attached hydrogen (secondary N) is 2. The van der Waals surface area contributed by atoms with Crippen LogP contribution in [0.25, 0.3) is 0 Å². The summed E-state index contributed by atoms with van der Waals surface area (Å²) in [5.41, 5.74) is -1.64. The number of fused-ring (bicyclic) bond motifs is 2. The van der Waals surface area contributed by atoms with Crippen LogP contribution >= 0.6 is 0 Å². The molecule has 2 aliphatic heterocycles. The van der Waals surface area contributed by atoms with Crippen molar-refractivity contribution in [2.45, 2.75) is 43.2 Å². The van der Waals surface area contributed by atoms with Crippen LogP contribution < -0.4 is 10.6 Å². The van der Waals surface area contributed by atoms with Gasteiger partial charge in [0.2, 0.25) is 0 Å². The van der Waals surface area contributed by atoms with Gasteiger partial charge in [-0.1, -0.05) is 36.4 Å². The fourth-order valence-electron chi connectivity index (χ4n) is 5.20. The summed E-state index contributed by atoms with van der Waals surface area (Å²) in [6, 6.07) is 12.0. The van der Waals surface area contributed by atoms with Crippen LogP contribution in [0.2, 0.25) is 0 Å². The molecule has 0 fully saturated rings. The van der Waals surface area contributed by atoms with Crippen molar-refractivity contribution in [2.75, 3.05) is 12.4 Å². The Morgan fingerprint density at radius 2 is 2.03 bits per heavy atom. The van der Waals surface area contributed by atoms with E-state index in [1.807, 2.05) is 30.3 Å². The second-order valence-electron chi connectivity index (χ2n) is 9.70. The average Bonchev–Trinajstić information content (AvgIpc) is 3.46. The van der Waals surface area contributed by atoms with Crippen molar-refractivity contribution in [1.82, 2.24) is 10.3 Å². The number of esters is 1. The van der Waals surface area contributed by atoms with Gasteiger partial charge < -0.3 is 20.1 Å².